The monoisotopic (exact) mass is 387 g/mol. The molecule has 8 heteroatoms. The van der Waals surface area contributed by atoms with Crippen LogP contribution in [0.4, 0.5) is 18.9 Å². The van der Waals surface area contributed by atoms with Gasteiger partial charge in [0.1, 0.15) is 11.5 Å². The van der Waals surface area contributed by atoms with E-state index >= 15 is 0 Å². The summed E-state index contributed by atoms with van der Waals surface area (Å²) in [7, 11) is 1.68. The number of aromatic hydroxyl groups is 1. The molecule has 2 aromatic rings. The van der Waals surface area contributed by atoms with Crippen molar-refractivity contribution >= 4 is 17.3 Å². The normalized spacial score (nSPS) is 17.4. The molecule has 0 bridgehead atoms. The number of ether oxygens (including phenoxy) is 1. The van der Waals surface area contributed by atoms with Crippen molar-refractivity contribution in [2.75, 3.05) is 18.7 Å². The fourth-order valence-corrected chi connectivity index (χ4v) is 3.50. The van der Waals surface area contributed by atoms with Gasteiger partial charge in [-0.1, -0.05) is 30.7 Å². The third-order valence-electron chi connectivity index (χ3n) is 4.73. The van der Waals surface area contributed by atoms with Crippen LogP contribution in [0.3, 0.4) is 0 Å². The first-order valence-corrected chi connectivity index (χ1v) is 8.19. The van der Waals surface area contributed by atoms with Gasteiger partial charge in [0.05, 0.1) is 5.69 Å². The van der Waals surface area contributed by atoms with Crippen LogP contribution in [-0.4, -0.2) is 30.2 Å². The Kier molecular flexibility index (Phi) is 4.48. The standard InChI is InChI=1S/C18H17ClF3NO3/c1-10(13-5-4-12(24)8-14(13)19)17(25,18(20,21)22)11-3-6-16-15(7-11)23(2)9-26-16/h3-8,10,24-25H,9H2,1-2H3. The second-order valence-corrected chi connectivity index (χ2v) is 6.75. The minimum atomic E-state index is -4.96. The first-order valence-electron chi connectivity index (χ1n) is 7.81. The SMILES string of the molecule is CC(c1ccc(O)cc1Cl)C(O)(c1ccc2c(c1)N(C)CO2)C(F)(F)F. The molecule has 0 saturated heterocycles. The molecule has 1 aliphatic rings. The molecular weight excluding hydrogens is 371 g/mol. The summed E-state index contributed by atoms with van der Waals surface area (Å²) in [5.74, 6) is -1.13. The van der Waals surface area contributed by atoms with Crippen molar-refractivity contribution in [2.24, 2.45) is 0 Å². The van der Waals surface area contributed by atoms with Crippen LogP contribution in [0.2, 0.25) is 5.02 Å². The molecule has 2 aromatic carbocycles. The molecule has 26 heavy (non-hydrogen) atoms. The van der Waals surface area contributed by atoms with E-state index < -0.39 is 17.7 Å². The van der Waals surface area contributed by atoms with Crippen LogP contribution in [0.15, 0.2) is 36.4 Å². The number of halogens is 4. The molecule has 140 valence electrons. The predicted octanol–water partition coefficient (Wildman–Crippen LogP) is 4.39. The van der Waals surface area contributed by atoms with Crippen LogP contribution < -0.4 is 9.64 Å². The Morgan fingerprint density at radius 2 is 1.88 bits per heavy atom. The zero-order valence-electron chi connectivity index (χ0n) is 14.0. The summed E-state index contributed by atoms with van der Waals surface area (Å²) in [4.78, 5) is 1.65. The van der Waals surface area contributed by atoms with Gasteiger partial charge in [-0.15, -0.1) is 0 Å². The number of hydrogen-bond acceptors (Lipinski definition) is 4. The number of alkyl halides is 3. The van der Waals surface area contributed by atoms with Gasteiger partial charge in [-0.3, -0.25) is 0 Å². The summed E-state index contributed by atoms with van der Waals surface area (Å²) in [6.45, 7) is 1.47. The lowest BCUT2D eigenvalue weighted by Gasteiger charge is -2.37. The molecule has 0 saturated carbocycles. The van der Waals surface area contributed by atoms with Crippen LogP contribution in [0.1, 0.15) is 24.0 Å². The fourth-order valence-electron chi connectivity index (χ4n) is 3.16. The molecule has 0 aliphatic carbocycles. The highest BCUT2D eigenvalue weighted by Gasteiger charge is 2.59. The van der Waals surface area contributed by atoms with Crippen molar-refractivity contribution in [1.82, 2.24) is 0 Å². The number of aliphatic hydroxyl groups is 1. The van der Waals surface area contributed by atoms with E-state index in [1.54, 1.807) is 11.9 Å². The van der Waals surface area contributed by atoms with Gasteiger partial charge in [0.2, 0.25) is 0 Å². The van der Waals surface area contributed by atoms with Crippen molar-refractivity contribution in [2.45, 2.75) is 24.6 Å². The molecule has 1 heterocycles. The second kappa shape index (κ2) is 6.25. The Hall–Kier alpha value is -2.12. The first-order chi connectivity index (χ1) is 12.1. The van der Waals surface area contributed by atoms with Crippen molar-refractivity contribution in [1.29, 1.82) is 0 Å². The van der Waals surface area contributed by atoms with Crippen LogP contribution >= 0.6 is 11.6 Å². The summed E-state index contributed by atoms with van der Waals surface area (Å²) in [6.07, 6.45) is -4.96. The second-order valence-electron chi connectivity index (χ2n) is 6.35. The lowest BCUT2D eigenvalue weighted by atomic mass is 9.77. The number of phenols is 1. The largest absolute Gasteiger partial charge is 0.508 e. The number of rotatable bonds is 3. The highest BCUT2D eigenvalue weighted by atomic mass is 35.5. The average molecular weight is 388 g/mol. The van der Waals surface area contributed by atoms with Crippen LogP contribution in [0.5, 0.6) is 11.5 Å². The van der Waals surface area contributed by atoms with Gasteiger partial charge < -0.3 is 19.8 Å². The third-order valence-corrected chi connectivity index (χ3v) is 5.06. The molecule has 0 aromatic heterocycles. The number of hydrogen-bond donors (Lipinski definition) is 2. The molecule has 0 radical (unpaired) electrons. The molecule has 2 N–H and O–H groups in total. The van der Waals surface area contributed by atoms with Gasteiger partial charge in [-0.25, -0.2) is 0 Å². The maximum absolute atomic E-state index is 14.0. The van der Waals surface area contributed by atoms with Crippen LogP contribution in [0.25, 0.3) is 0 Å². The topological polar surface area (TPSA) is 52.9 Å². The number of phenolic OH excluding ortho intramolecular Hbond substituents is 1. The van der Waals surface area contributed by atoms with Crippen molar-refractivity contribution in [3.05, 3.63) is 52.5 Å². The average Bonchev–Trinajstić information content (AvgIpc) is 2.93. The van der Waals surface area contributed by atoms with Gasteiger partial charge in [0, 0.05) is 18.0 Å². The molecule has 2 unspecified atom stereocenters. The van der Waals surface area contributed by atoms with Gasteiger partial charge in [-0.05, 0) is 35.4 Å². The molecule has 2 atom stereocenters. The molecule has 4 nitrogen and oxygen atoms in total. The minimum Gasteiger partial charge on any atom is -0.508 e. The van der Waals surface area contributed by atoms with E-state index in [4.69, 9.17) is 16.3 Å². The summed E-state index contributed by atoms with van der Waals surface area (Å²) in [6, 6.07) is 7.56. The van der Waals surface area contributed by atoms with Gasteiger partial charge >= 0.3 is 6.18 Å². The lowest BCUT2D eigenvalue weighted by molar-refractivity contribution is -0.274. The minimum absolute atomic E-state index is 0.0539. The van der Waals surface area contributed by atoms with E-state index in [-0.39, 0.29) is 28.6 Å². The van der Waals surface area contributed by atoms with Crippen LogP contribution in [-0.2, 0) is 5.60 Å². The zero-order valence-corrected chi connectivity index (χ0v) is 14.8. The number of benzene rings is 2. The van der Waals surface area contributed by atoms with E-state index in [1.807, 2.05) is 0 Å². The maximum Gasteiger partial charge on any atom is 0.422 e. The van der Waals surface area contributed by atoms with E-state index in [2.05, 4.69) is 0 Å². The summed E-state index contributed by atoms with van der Waals surface area (Å²) >= 11 is 6.02. The molecule has 0 fully saturated rings. The number of anilines is 1. The van der Waals surface area contributed by atoms with E-state index in [1.165, 1.54) is 37.3 Å². The Bertz CT molecular complexity index is 843. The summed E-state index contributed by atoms with van der Waals surface area (Å²) < 4.78 is 47.4. The molecule has 3 rings (SSSR count). The van der Waals surface area contributed by atoms with Crippen LogP contribution in [0, 0.1) is 0 Å². The summed E-state index contributed by atoms with van der Waals surface area (Å²) in [5.41, 5.74) is -2.94. The quantitative estimate of drug-likeness (QED) is 0.820. The Morgan fingerprint density at radius 1 is 1.19 bits per heavy atom. The van der Waals surface area contributed by atoms with Gasteiger partial charge in [0.15, 0.2) is 12.3 Å². The fraction of sp³-hybridized carbons (Fsp3) is 0.333. The van der Waals surface area contributed by atoms with E-state index in [0.717, 1.165) is 6.07 Å². The highest BCUT2D eigenvalue weighted by molar-refractivity contribution is 6.31. The maximum atomic E-state index is 14.0. The van der Waals surface area contributed by atoms with Gasteiger partial charge in [0.25, 0.3) is 0 Å². The van der Waals surface area contributed by atoms with E-state index in [9.17, 15) is 23.4 Å². The Balaban J connectivity index is 2.15. The Morgan fingerprint density at radius 3 is 2.50 bits per heavy atom. The van der Waals surface area contributed by atoms with Gasteiger partial charge in [-0.2, -0.15) is 13.2 Å². The molecule has 0 amide bonds. The Labute approximate surface area is 153 Å². The number of fused-ring (bicyclic) bond motifs is 1. The number of nitrogens with zero attached hydrogens (tertiary/aromatic N) is 1. The lowest BCUT2D eigenvalue weighted by Crippen LogP contribution is -2.46. The zero-order chi connectivity index (χ0) is 19.3. The van der Waals surface area contributed by atoms with Crippen molar-refractivity contribution < 1.29 is 28.1 Å². The van der Waals surface area contributed by atoms with E-state index in [0.29, 0.717) is 11.4 Å². The smallest absolute Gasteiger partial charge is 0.422 e. The summed E-state index contributed by atoms with van der Waals surface area (Å²) in [5, 5.41) is 20.2. The highest BCUT2D eigenvalue weighted by Crippen LogP contribution is 2.51. The molecule has 0 spiro atoms. The molecule has 1 aliphatic heterocycles. The third kappa shape index (κ3) is 2.85. The van der Waals surface area contributed by atoms with Crippen molar-refractivity contribution in [3.8, 4) is 11.5 Å². The predicted molar refractivity (Wildman–Crippen MR) is 91.8 cm³/mol. The first kappa shape index (κ1) is 18.7. The van der Waals surface area contributed by atoms with Crippen molar-refractivity contribution in [3.63, 3.8) is 0 Å². The molecular formula is C18H17ClF3NO3.